The summed E-state index contributed by atoms with van der Waals surface area (Å²) >= 11 is 1.74. The maximum Gasteiger partial charge on any atom is 0.188 e. The van der Waals surface area contributed by atoms with Gasteiger partial charge < -0.3 is 16.0 Å². The Bertz CT molecular complexity index is 460. The van der Waals surface area contributed by atoms with Gasteiger partial charge in [0.2, 0.25) is 0 Å². The first-order valence-electron chi connectivity index (χ1n) is 7.21. The van der Waals surface area contributed by atoms with E-state index in [4.69, 9.17) is 5.73 Å². The number of hydrogen-bond donors (Lipinski definition) is 2. The Morgan fingerprint density at radius 2 is 2.10 bits per heavy atom. The first-order chi connectivity index (χ1) is 9.44. The molecule has 5 nitrogen and oxygen atoms in total. The quantitative estimate of drug-likeness (QED) is 0.444. The number of halogens is 1. The summed E-state index contributed by atoms with van der Waals surface area (Å²) < 4.78 is 0. The third-order valence-electron chi connectivity index (χ3n) is 3.07. The zero-order chi connectivity index (χ0) is 14.6. The second-order valence-electron chi connectivity index (χ2n) is 6.21. The van der Waals surface area contributed by atoms with Gasteiger partial charge in [-0.1, -0.05) is 0 Å². The number of anilines is 1. The van der Waals surface area contributed by atoms with Crippen LogP contribution in [0, 0.1) is 0 Å². The number of hydrogen-bond acceptors (Lipinski definition) is 4. The number of nitrogens with zero attached hydrogens (tertiary/aromatic N) is 3. The van der Waals surface area contributed by atoms with Gasteiger partial charge in [0.25, 0.3) is 0 Å². The Morgan fingerprint density at radius 3 is 2.71 bits per heavy atom. The molecule has 0 aromatic carbocycles. The molecule has 21 heavy (non-hydrogen) atoms. The third-order valence-corrected chi connectivity index (χ3v) is 4.02. The van der Waals surface area contributed by atoms with Crippen LogP contribution in [0.2, 0.25) is 0 Å². The van der Waals surface area contributed by atoms with Gasteiger partial charge in [-0.25, -0.2) is 4.98 Å². The van der Waals surface area contributed by atoms with Crippen molar-refractivity contribution in [2.45, 2.75) is 45.6 Å². The molecule has 0 saturated carbocycles. The summed E-state index contributed by atoms with van der Waals surface area (Å²) in [6.45, 7) is 9.17. The molecule has 0 atom stereocenters. The summed E-state index contributed by atoms with van der Waals surface area (Å²) in [5.41, 5.74) is 6.91. The largest absolute Gasteiger partial charge is 0.370 e. The molecule has 1 aromatic rings. The zero-order valence-electron chi connectivity index (χ0n) is 13.1. The van der Waals surface area contributed by atoms with Crippen LogP contribution in [0.5, 0.6) is 0 Å². The fourth-order valence-electron chi connectivity index (χ4n) is 2.18. The number of nitrogens with two attached hydrogens (primary N) is 1. The van der Waals surface area contributed by atoms with Crippen molar-refractivity contribution in [3.05, 3.63) is 11.1 Å². The fourth-order valence-corrected chi connectivity index (χ4v) is 3.09. The number of aromatic nitrogens is 1. The molecule has 0 unspecified atom stereocenters. The van der Waals surface area contributed by atoms with E-state index in [-0.39, 0.29) is 29.5 Å². The van der Waals surface area contributed by atoms with Crippen LogP contribution >= 0.6 is 35.3 Å². The van der Waals surface area contributed by atoms with Crippen molar-refractivity contribution >= 4 is 46.4 Å². The van der Waals surface area contributed by atoms with Crippen LogP contribution < -0.4 is 16.0 Å². The lowest BCUT2D eigenvalue weighted by Crippen LogP contribution is -2.45. The highest BCUT2D eigenvalue weighted by atomic mass is 127. The molecule has 120 valence electrons. The number of rotatable bonds is 4. The minimum absolute atomic E-state index is 0. The standard InChI is InChI=1S/C14H25N5S.HI/c1-14(2,3)18-12(15)16-7-6-11-10-20-13(17-11)19-8-4-5-9-19;/h10H,4-9H2,1-3H3,(H3,15,16,18);1H. The fraction of sp³-hybridized carbons (Fsp3) is 0.714. The van der Waals surface area contributed by atoms with Crippen molar-refractivity contribution in [3.8, 4) is 0 Å². The number of thiazole rings is 1. The van der Waals surface area contributed by atoms with E-state index in [9.17, 15) is 0 Å². The molecule has 1 aromatic heterocycles. The molecule has 0 bridgehead atoms. The molecule has 2 heterocycles. The number of aliphatic imine (C=N–C) groups is 1. The molecule has 0 aliphatic carbocycles. The Labute approximate surface area is 148 Å². The van der Waals surface area contributed by atoms with Crippen molar-refractivity contribution in [3.63, 3.8) is 0 Å². The average molecular weight is 423 g/mol. The van der Waals surface area contributed by atoms with Gasteiger partial charge >= 0.3 is 0 Å². The molecule has 0 amide bonds. The van der Waals surface area contributed by atoms with Gasteiger partial charge in [-0.3, -0.25) is 4.99 Å². The van der Waals surface area contributed by atoms with Crippen LogP contribution in [-0.4, -0.2) is 36.1 Å². The first-order valence-corrected chi connectivity index (χ1v) is 8.09. The highest BCUT2D eigenvalue weighted by Gasteiger charge is 2.15. The lowest BCUT2D eigenvalue weighted by atomic mass is 10.1. The van der Waals surface area contributed by atoms with Crippen LogP contribution in [0.4, 0.5) is 5.13 Å². The highest BCUT2D eigenvalue weighted by molar-refractivity contribution is 14.0. The smallest absolute Gasteiger partial charge is 0.188 e. The van der Waals surface area contributed by atoms with Gasteiger partial charge in [-0.05, 0) is 33.6 Å². The van der Waals surface area contributed by atoms with Crippen molar-refractivity contribution in [2.24, 2.45) is 10.7 Å². The second kappa shape index (κ2) is 8.17. The van der Waals surface area contributed by atoms with E-state index in [0.29, 0.717) is 12.5 Å². The van der Waals surface area contributed by atoms with Crippen LogP contribution in [0.15, 0.2) is 10.4 Å². The molecule has 0 spiro atoms. The molecular weight excluding hydrogens is 397 g/mol. The summed E-state index contributed by atoms with van der Waals surface area (Å²) in [5, 5.41) is 6.45. The SMILES string of the molecule is CC(C)(C)NC(N)=NCCc1csc(N2CCCC2)n1.I. The molecule has 3 N–H and O–H groups in total. The summed E-state index contributed by atoms with van der Waals surface area (Å²) in [6.07, 6.45) is 3.42. The molecular formula is C14H26IN5S. The van der Waals surface area contributed by atoms with E-state index in [0.717, 1.165) is 30.3 Å². The molecule has 1 aliphatic rings. The number of guanidine groups is 1. The van der Waals surface area contributed by atoms with Gasteiger partial charge in [0.15, 0.2) is 11.1 Å². The first kappa shape index (κ1) is 18.5. The van der Waals surface area contributed by atoms with Crippen LogP contribution in [0.3, 0.4) is 0 Å². The van der Waals surface area contributed by atoms with Gasteiger partial charge in [0.1, 0.15) is 0 Å². The Balaban J connectivity index is 0.00000220. The van der Waals surface area contributed by atoms with E-state index in [1.54, 1.807) is 11.3 Å². The summed E-state index contributed by atoms with van der Waals surface area (Å²) in [5.74, 6) is 0.507. The zero-order valence-corrected chi connectivity index (χ0v) is 16.2. The lowest BCUT2D eigenvalue weighted by Gasteiger charge is -2.20. The van der Waals surface area contributed by atoms with Crippen LogP contribution in [0.1, 0.15) is 39.3 Å². The second-order valence-corrected chi connectivity index (χ2v) is 7.04. The Kier molecular flexibility index (Phi) is 7.19. The minimum Gasteiger partial charge on any atom is -0.370 e. The monoisotopic (exact) mass is 423 g/mol. The van der Waals surface area contributed by atoms with Crippen LogP contribution in [-0.2, 0) is 6.42 Å². The van der Waals surface area contributed by atoms with Gasteiger partial charge in [0.05, 0.1) is 5.69 Å². The summed E-state index contributed by atoms with van der Waals surface area (Å²) in [7, 11) is 0. The summed E-state index contributed by atoms with van der Waals surface area (Å²) in [4.78, 5) is 11.4. The molecule has 2 rings (SSSR count). The van der Waals surface area contributed by atoms with E-state index < -0.39 is 0 Å². The summed E-state index contributed by atoms with van der Waals surface area (Å²) in [6, 6.07) is 0. The molecule has 1 aliphatic heterocycles. The Hall–Kier alpha value is -0.570. The predicted molar refractivity (Wildman–Crippen MR) is 102 cm³/mol. The van der Waals surface area contributed by atoms with Gasteiger partial charge in [0, 0.05) is 37.0 Å². The molecule has 1 saturated heterocycles. The average Bonchev–Trinajstić information content (AvgIpc) is 2.96. The highest BCUT2D eigenvalue weighted by Crippen LogP contribution is 2.24. The van der Waals surface area contributed by atoms with E-state index in [1.165, 1.54) is 12.8 Å². The minimum atomic E-state index is -0.0445. The van der Waals surface area contributed by atoms with Crippen molar-refractivity contribution in [1.82, 2.24) is 10.3 Å². The molecule has 0 radical (unpaired) electrons. The van der Waals surface area contributed by atoms with Crippen molar-refractivity contribution in [1.29, 1.82) is 0 Å². The van der Waals surface area contributed by atoms with Crippen LogP contribution in [0.25, 0.3) is 0 Å². The van der Waals surface area contributed by atoms with Crippen molar-refractivity contribution < 1.29 is 0 Å². The lowest BCUT2D eigenvalue weighted by molar-refractivity contribution is 0.508. The maximum atomic E-state index is 5.84. The third kappa shape index (κ3) is 6.37. The van der Waals surface area contributed by atoms with E-state index in [1.807, 2.05) is 0 Å². The molecule has 1 fully saturated rings. The number of nitrogens with one attached hydrogen (secondary N) is 1. The predicted octanol–water partition coefficient (Wildman–Crippen LogP) is 2.61. The Morgan fingerprint density at radius 1 is 1.43 bits per heavy atom. The van der Waals surface area contributed by atoms with Gasteiger partial charge in [-0.15, -0.1) is 35.3 Å². The normalized spacial score (nSPS) is 16.0. The topological polar surface area (TPSA) is 66.5 Å². The van der Waals surface area contributed by atoms with E-state index >= 15 is 0 Å². The van der Waals surface area contributed by atoms with E-state index in [2.05, 4.69) is 46.3 Å². The molecule has 7 heteroatoms. The maximum absolute atomic E-state index is 5.84. The van der Waals surface area contributed by atoms with Crippen molar-refractivity contribution in [2.75, 3.05) is 24.5 Å². The van der Waals surface area contributed by atoms with Gasteiger partial charge in [-0.2, -0.15) is 0 Å².